The minimum atomic E-state index is -0.0334. The van der Waals surface area contributed by atoms with Crippen molar-refractivity contribution in [3.63, 3.8) is 0 Å². The summed E-state index contributed by atoms with van der Waals surface area (Å²) in [5.41, 5.74) is 1.74. The Balaban J connectivity index is 1.84. The summed E-state index contributed by atoms with van der Waals surface area (Å²) in [6, 6.07) is 6.16. The number of aromatic amines is 1. The Hall–Kier alpha value is -1.26. The van der Waals surface area contributed by atoms with Crippen LogP contribution in [0.4, 0.5) is 0 Å². The van der Waals surface area contributed by atoms with E-state index in [1.165, 1.54) is 19.4 Å². The van der Waals surface area contributed by atoms with Crippen LogP contribution in [0.3, 0.4) is 0 Å². The lowest BCUT2D eigenvalue weighted by molar-refractivity contribution is 0.131. The molecule has 0 saturated carbocycles. The zero-order chi connectivity index (χ0) is 15.0. The van der Waals surface area contributed by atoms with Gasteiger partial charge in [-0.1, -0.05) is 11.6 Å². The summed E-state index contributed by atoms with van der Waals surface area (Å²) >= 11 is 5.99. The number of fused-ring (bicyclic) bond motifs is 1. The van der Waals surface area contributed by atoms with Crippen LogP contribution < -0.4 is 5.69 Å². The number of imidazole rings is 1. The van der Waals surface area contributed by atoms with Crippen LogP contribution in [0, 0.1) is 5.92 Å². The number of H-pyrrole nitrogens is 1. The van der Waals surface area contributed by atoms with E-state index >= 15 is 0 Å². The summed E-state index contributed by atoms with van der Waals surface area (Å²) in [5.74, 6) is 0.536. The molecule has 114 valence electrons. The molecule has 4 nitrogen and oxygen atoms in total. The van der Waals surface area contributed by atoms with Gasteiger partial charge in [-0.15, -0.1) is 0 Å². The summed E-state index contributed by atoms with van der Waals surface area (Å²) in [5, 5.41) is 0.652. The standard InChI is InChI=1S/C16H22ClN3O/c1-11(2)19-7-3-4-12(9-19)10-20-15-6-5-13(17)8-14(15)18-16(20)21/h5-6,8,11-12H,3-4,7,9-10H2,1-2H3,(H,18,21). The Kier molecular flexibility index (Phi) is 4.09. The maximum absolute atomic E-state index is 12.2. The largest absolute Gasteiger partial charge is 0.326 e. The normalized spacial score (nSPS) is 20.5. The molecule has 0 radical (unpaired) electrons. The molecule has 1 saturated heterocycles. The number of piperidine rings is 1. The molecule has 1 aromatic heterocycles. The molecule has 2 aromatic rings. The molecule has 3 rings (SSSR count). The van der Waals surface area contributed by atoms with Gasteiger partial charge in [0.1, 0.15) is 0 Å². The molecular weight excluding hydrogens is 286 g/mol. The minimum absolute atomic E-state index is 0.0334. The number of benzene rings is 1. The first-order valence-electron chi connectivity index (χ1n) is 7.66. The third-order valence-electron chi connectivity index (χ3n) is 4.46. The SMILES string of the molecule is CC(C)N1CCCC(Cn2c(=O)[nH]c3cc(Cl)ccc32)C1. The molecule has 0 aliphatic carbocycles. The van der Waals surface area contributed by atoms with Crippen molar-refractivity contribution in [2.45, 2.75) is 39.3 Å². The van der Waals surface area contributed by atoms with E-state index in [-0.39, 0.29) is 5.69 Å². The van der Waals surface area contributed by atoms with Crippen LogP contribution in [-0.4, -0.2) is 33.6 Å². The summed E-state index contributed by atoms with van der Waals surface area (Å²) in [7, 11) is 0. The highest BCUT2D eigenvalue weighted by Gasteiger charge is 2.23. The lowest BCUT2D eigenvalue weighted by Crippen LogP contribution is -2.41. The van der Waals surface area contributed by atoms with Crippen LogP contribution in [0.5, 0.6) is 0 Å². The third kappa shape index (κ3) is 3.01. The number of likely N-dealkylation sites (tertiary alicyclic amines) is 1. The molecule has 1 aromatic carbocycles. The number of hydrogen-bond donors (Lipinski definition) is 1. The van der Waals surface area contributed by atoms with Crippen LogP contribution in [0.15, 0.2) is 23.0 Å². The Morgan fingerprint density at radius 2 is 2.24 bits per heavy atom. The zero-order valence-electron chi connectivity index (χ0n) is 12.6. The Morgan fingerprint density at radius 3 is 3.00 bits per heavy atom. The van der Waals surface area contributed by atoms with Gasteiger partial charge in [-0.2, -0.15) is 0 Å². The van der Waals surface area contributed by atoms with Gasteiger partial charge in [-0.25, -0.2) is 4.79 Å². The predicted molar refractivity (Wildman–Crippen MR) is 87.0 cm³/mol. The zero-order valence-corrected chi connectivity index (χ0v) is 13.4. The average Bonchev–Trinajstić information content (AvgIpc) is 2.74. The minimum Gasteiger partial charge on any atom is -0.305 e. The number of nitrogens with one attached hydrogen (secondary N) is 1. The number of nitrogens with zero attached hydrogens (tertiary/aromatic N) is 2. The van der Waals surface area contributed by atoms with Gasteiger partial charge < -0.3 is 9.88 Å². The molecular formula is C16H22ClN3O. The molecule has 1 atom stereocenters. The van der Waals surface area contributed by atoms with E-state index in [2.05, 4.69) is 23.7 Å². The molecule has 5 heteroatoms. The van der Waals surface area contributed by atoms with Crippen molar-refractivity contribution in [3.05, 3.63) is 33.7 Å². The van der Waals surface area contributed by atoms with Crippen LogP contribution >= 0.6 is 11.6 Å². The van der Waals surface area contributed by atoms with Gasteiger partial charge in [0.2, 0.25) is 0 Å². The maximum atomic E-state index is 12.2. The van der Waals surface area contributed by atoms with Gasteiger partial charge >= 0.3 is 5.69 Å². The first-order valence-corrected chi connectivity index (χ1v) is 8.04. The van der Waals surface area contributed by atoms with Crippen molar-refractivity contribution in [2.24, 2.45) is 5.92 Å². The Bertz CT molecular complexity index is 688. The lowest BCUT2D eigenvalue weighted by Gasteiger charge is -2.35. The molecule has 1 fully saturated rings. The molecule has 0 spiro atoms. The first kappa shape index (κ1) is 14.7. The van der Waals surface area contributed by atoms with Gasteiger partial charge in [0.15, 0.2) is 0 Å². The summed E-state index contributed by atoms with van der Waals surface area (Å²) < 4.78 is 1.86. The molecule has 0 bridgehead atoms. The second-order valence-electron chi connectivity index (χ2n) is 6.30. The monoisotopic (exact) mass is 307 g/mol. The number of halogens is 1. The van der Waals surface area contributed by atoms with E-state index < -0.39 is 0 Å². The van der Waals surface area contributed by atoms with Crippen molar-refractivity contribution in [3.8, 4) is 0 Å². The lowest BCUT2D eigenvalue weighted by atomic mass is 9.97. The summed E-state index contributed by atoms with van der Waals surface area (Å²) in [6.45, 7) is 7.51. The highest BCUT2D eigenvalue weighted by atomic mass is 35.5. The number of aromatic nitrogens is 2. The first-order chi connectivity index (χ1) is 10.0. The van der Waals surface area contributed by atoms with Crippen LogP contribution in [0.1, 0.15) is 26.7 Å². The van der Waals surface area contributed by atoms with Crippen molar-refractivity contribution in [2.75, 3.05) is 13.1 Å². The Morgan fingerprint density at radius 1 is 1.43 bits per heavy atom. The van der Waals surface area contributed by atoms with E-state index in [9.17, 15) is 4.79 Å². The highest BCUT2D eigenvalue weighted by molar-refractivity contribution is 6.31. The smallest absolute Gasteiger partial charge is 0.305 e. The van der Waals surface area contributed by atoms with Crippen molar-refractivity contribution < 1.29 is 0 Å². The topological polar surface area (TPSA) is 41.0 Å². The summed E-state index contributed by atoms with van der Waals surface area (Å²) in [6.07, 6.45) is 2.40. The molecule has 2 heterocycles. The van der Waals surface area contributed by atoms with E-state index in [1.54, 1.807) is 0 Å². The second-order valence-corrected chi connectivity index (χ2v) is 6.74. The Labute approximate surface area is 129 Å². The van der Waals surface area contributed by atoms with Gasteiger partial charge in [-0.05, 0) is 57.4 Å². The van der Waals surface area contributed by atoms with Crippen molar-refractivity contribution in [1.82, 2.24) is 14.5 Å². The number of rotatable bonds is 3. The fourth-order valence-corrected chi connectivity index (χ4v) is 3.46. The highest BCUT2D eigenvalue weighted by Crippen LogP contribution is 2.22. The van der Waals surface area contributed by atoms with Gasteiger partial charge in [0, 0.05) is 24.2 Å². The van der Waals surface area contributed by atoms with Crippen LogP contribution in [0.2, 0.25) is 5.02 Å². The molecule has 1 N–H and O–H groups in total. The quantitative estimate of drug-likeness (QED) is 0.946. The summed E-state index contributed by atoms with van der Waals surface area (Å²) in [4.78, 5) is 17.6. The van der Waals surface area contributed by atoms with Gasteiger partial charge in [-0.3, -0.25) is 4.57 Å². The van der Waals surface area contributed by atoms with Crippen molar-refractivity contribution >= 4 is 22.6 Å². The van der Waals surface area contributed by atoms with E-state index in [0.29, 0.717) is 17.0 Å². The van der Waals surface area contributed by atoms with Gasteiger partial charge in [0.25, 0.3) is 0 Å². The van der Waals surface area contributed by atoms with E-state index in [4.69, 9.17) is 11.6 Å². The van der Waals surface area contributed by atoms with E-state index in [1.807, 2.05) is 22.8 Å². The molecule has 21 heavy (non-hydrogen) atoms. The fourth-order valence-electron chi connectivity index (χ4n) is 3.29. The van der Waals surface area contributed by atoms with Crippen LogP contribution in [0.25, 0.3) is 11.0 Å². The second kappa shape index (κ2) is 5.85. The average molecular weight is 308 g/mol. The van der Waals surface area contributed by atoms with Gasteiger partial charge in [0.05, 0.1) is 11.0 Å². The van der Waals surface area contributed by atoms with Crippen molar-refractivity contribution in [1.29, 1.82) is 0 Å². The maximum Gasteiger partial charge on any atom is 0.326 e. The molecule has 1 aliphatic rings. The van der Waals surface area contributed by atoms with E-state index in [0.717, 1.165) is 24.1 Å². The third-order valence-corrected chi connectivity index (χ3v) is 4.69. The molecule has 1 aliphatic heterocycles. The fraction of sp³-hybridized carbons (Fsp3) is 0.562. The molecule has 0 amide bonds. The predicted octanol–water partition coefficient (Wildman–Crippen LogP) is 3.10. The molecule has 1 unspecified atom stereocenters. The number of hydrogen-bond acceptors (Lipinski definition) is 2. The van der Waals surface area contributed by atoms with Crippen LogP contribution in [-0.2, 0) is 6.54 Å².